The Morgan fingerprint density at radius 1 is 1.06 bits per heavy atom. The number of H-pyrrole nitrogens is 1. The van der Waals surface area contributed by atoms with Crippen molar-refractivity contribution in [3.05, 3.63) is 93.3 Å². The number of hydrogen-bond donors (Lipinski definition) is 3. The number of nitrogens with one attached hydrogen (secondary N) is 3. The molecule has 0 bridgehead atoms. The van der Waals surface area contributed by atoms with Gasteiger partial charge in [-0.15, -0.1) is 0 Å². The highest BCUT2D eigenvalue weighted by Crippen LogP contribution is 2.36. The molecule has 1 heterocycles. The predicted octanol–water partition coefficient (Wildman–Crippen LogP) is 5.48. The first-order valence-corrected chi connectivity index (χ1v) is 12.6. The summed E-state index contributed by atoms with van der Waals surface area (Å²) < 4.78 is 43.6. The Hall–Kier alpha value is -3.07. The molecule has 6 nitrogen and oxygen atoms in total. The van der Waals surface area contributed by atoms with Gasteiger partial charge in [0.2, 0.25) is 0 Å². The summed E-state index contributed by atoms with van der Waals surface area (Å²) in [6.07, 6.45) is 2.30. The number of benzene rings is 3. The molecule has 1 aromatic heterocycles. The van der Waals surface area contributed by atoms with Gasteiger partial charge in [-0.05, 0) is 41.8 Å². The number of rotatable bonds is 6. The zero-order valence-corrected chi connectivity index (χ0v) is 19.9. The molecule has 0 spiro atoms. The number of aromatic amines is 1. The standard InChI is InChI=1S/C24H18Cl2FN3O3S/c25-17-8-9-19(23-21(17)18(26)12-28-23)30-34(32,33)20-7-3-6-16(22(20)27)24(31)29-11-14-10-13-4-1-2-5-15(13)14/h1-9,12,14,28,30H,10-11H2,(H,29,31)/t14-/m1/s1. The Labute approximate surface area is 205 Å². The highest BCUT2D eigenvalue weighted by Gasteiger charge is 2.28. The summed E-state index contributed by atoms with van der Waals surface area (Å²) in [6.45, 7) is 0.334. The van der Waals surface area contributed by atoms with Gasteiger partial charge < -0.3 is 10.3 Å². The Morgan fingerprint density at radius 3 is 2.65 bits per heavy atom. The predicted molar refractivity (Wildman–Crippen MR) is 131 cm³/mol. The van der Waals surface area contributed by atoms with Gasteiger partial charge in [-0.25, -0.2) is 12.8 Å². The first-order valence-electron chi connectivity index (χ1n) is 10.4. The maximum Gasteiger partial charge on any atom is 0.264 e. The molecule has 174 valence electrons. The van der Waals surface area contributed by atoms with Crippen LogP contribution in [0.1, 0.15) is 27.4 Å². The number of hydrogen-bond acceptors (Lipinski definition) is 3. The van der Waals surface area contributed by atoms with E-state index in [4.69, 9.17) is 23.2 Å². The Kier molecular flexibility index (Phi) is 5.75. The number of amides is 1. The van der Waals surface area contributed by atoms with E-state index in [9.17, 15) is 13.2 Å². The van der Waals surface area contributed by atoms with Crippen molar-refractivity contribution in [1.82, 2.24) is 10.3 Å². The maximum absolute atomic E-state index is 15.2. The van der Waals surface area contributed by atoms with Gasteiger partial charge in [0.25, 0.3) is 15.9 Å². The molecule has 0 radical (unpaired) electrons. The van der Waals surface area contributed by atoms with Crippen LogP contribution in [0.4, 0.5) is 10.1 Å². The second-order valence-electron chi connectivity index (χ2n) is 8.01. The first kappa shape index (κ1) is 22.7. The molecule has 1 amide bonds. The zero-order valence-electron chi connectivity index (χ0n) is 17.5. The van der Waals surface area contributed by atoms with Crippen LogP contribution >= 0.6 is 23.2 Å². The molecule has 5 rings (SSSR count). The largest absolute Gasteiger partial charge is 0.358 e. The van der Waals surface area contributed by atoms with Crippen LogP contribution < -0.4 is 10.0 Å². The van der Waals surface area contributed by atoms with Gasteiger partial charge in [-0.3, -0.25) is 9.52 Å². The van der Waals surface area contributed by atoms with E-state index in [1.54, 1.807) is 0 Å². The minimum atomic E-state index is -4.37. The molecule has 0 fully saturated rings. The Balaban J connectivity index is 1.38. The second-order valence-corrected chi connectivity index (χ2v) is 10.5. The molecule has 4 aromatic rings. The fourth-order valence-electron chi connectivity index (χ4n) is 4.20. The third-order valence-electron chi connectivity index (χ3n) is 5.95. The van der Waals surface area contributed by atoms with Crippen LogP contribution in [-0.2, 0) is 16.4 Å². The van der Waals surface area contributed by atoms with Crippen molar-refractivity contribution in [3.63, 3.8) is 0 Å². The summed E-state index contributed by atoms with van der Waals surface area (Å²) in [5, 5.41) is 3.81. The van der Waals surface area contributed by atoms with Crippen molar-refractivity contribution in [1.29, 1.82) is 0 Å². The molecule has 0 unspecified atom stereocenters. The summed E-state index contributed by atoms with van der Waals surface area (Å²) in [6, 6.07) is 14.5. The highest BCUT2D eigenvalue weighted by atomic mass is 35.5. The summed E-state index contributed by atoms with van der Waals surface area (Å²) in [7, 11) is -4.37. The second kappa shape index (κ2) is 8.61. The monoisotopic (exact) mass is 517 g/mol. The van der Waals surface area contributed by atoms with Gasteiger partial charge in [0.1, 0.15) is 4.90 Å². The molecule has 10 heteroatoms. The minimum absolute atomic E-state index is 0.143. The summed E-state index contributed by atoms with van der Waals surface area (Å²) in [5.41, 5.74) is 2.54. The fraction of sp³-hybridized carbons (Fsp3) is 0.125. The van der Waals surface area contributed by atoms with Gasteiger partial charge >= 0.3 is 0 Å². The number of halogens is 3. The smallest absolute Gasteiger partial charge is 0.264 e. The van der Waals surface area contributed by atoms with Crippen molar-refractivity contribution in [3.8, 4) is 0 Å². The number of carbonyl (C=O) groups is 1. The SMILES string of the molecule is O=C(NC[C@H]1Cc2ccccc21)c1cccc(S(=O)(=O)Nc2ccc(Cl)c3c(Cl)c[nH]c23)c1F. The molecule has 1 atom stereocenters. The topological polar surface area (TPSA) is 91.1 Å². The van der Waals surface area contributed by atoms with Crippen molar-refractivity contribution in [2.45, 2.75) is 17.2 Å². The Morgan fingerprint density at radius 2 is 1.85 bits per heavy atom. The van der Waals surface area contributed by atoms with Crippen molar-refractivity contribution in [2.75, 3.05) is 11.3 Å². The van der Waals surface area contributed by atoms with Crippen molar-refractivity contribution < 1.29 is 17.6 Å². The highest BCUT2D eigenvalue weighted by molar-refractivity contribution is 7.92. The molecule has 1 aliphatic carbocycles. The number of fused-ring (bicyclic) bond motifs is 2. The number of anilines is 1. The van der Waals surface area contributed by atoms with E-state index in [2.05, 4.69) is 15.0 Å². The number of sulfonamides is 1. The molecular formula is C24H18Cl2FN3O3S. The average molecular weight is 518 g/mol. The van der Waals surface area contributed by atoms with E-state index < -0.39 is 26.6 Å². The molecule has 0 saturated carbocycles. The Bertz CT molecular complexity index is 1550. The summed E-state index contributed by atoms with van der Waals surface area (Å²) >= 11 is 12.3. The molecule has 0 saturated heterocycles. The zero-order chi connectivity index (χ0) is 24.0. The van der Waals surface area contributed by atoms with Crippen LogP contribution in [0.5, 0.6) is 0 Å². The quantitative estimate of drug-likeness (QED) is 0.316. The molecule has 1 aliphatic rings. The number of carbonyl (C=O) groups excluding carboxylic acids is 1. The van der Waals surface area contributed by atoms with Crippen molar-refractivity contribution in [2.24, 2.45) is 0 Å². The molecule has 0 aliphatic heterocycles. The lowest BCUT2D eigenvalue weighted by Gasteiger charge is -2.30. The van der Waals surface area contributed by atoms with Gasteiger partial charge in [-0.1, -0.05) is 53.5 Å². The lowest BCUT2D eigenvalue weighted by atomic mass is 9.77. The number of aromatic nitrogens is 1. The minimum Gasteiger partial charge on any atom is -0.358 e. The average Bonchev–Trinajstić information content (AvgIpc) is 3.19. The summed E-state index contributed by atoms with van der Waals surface area (Å²) in [4.78, 5) is 14.9. The molecule has 3 aromatic carbocycles. The van der Waals surface area contributed by atoms with Gasteiger partial charge in [0.05, 0.1) is 26.8 Å². The van der Waals surface area contributed by atoms with E-state index in [1.165, 1.54) is 36.0 Å². The molecule has 3 N–H and O–H groups in total. The van der Waals surface area contributed by atoms with E-state index in [0.29, 0.717) is 27.5 Å². The van der Waals surface area contributed by atoms with E-state index >= 15 is 4.39 Å². The van der Waals surface area contributed by atoms with Crippen LogP contribution in [0.15, 0.2) is 65.7 Å². The fourth-order valence-corrected chi connectivity index (χ4v) is 5.93. The van der Waals surface area contributed by atoms with Crippen LogP contribution in [0.2, 0.25) is 10.0 Å². The third-order valence-corrected chi connectivity index (χ3v) is 7.94. The van der Waals surface area contributed by atoms with Crippen LogP contribution in [-0.4, -0.2) is 25.9 Å². The van der Waals surface area contributed by atoms with Crippen LogP contribution in [0, 0.1) is 5.82 Å². The lowest BCUT2D eigenvalue weighted by molar-refractivity contribution is 0.0945. The summed E-state index contributed by atoms with van der Waals surface area (Å²) in [5.74, 6) is -1.66. The van der Waals surface area contributed by atoms with Gasteiger partial charge in [-0.2, -0.15) is 0 Å². The van der Waals surface area contributed by atoms with Gasteiger partial charge in [0.15, 0.2) is 5.82 Å². The van der Waals surface area contributed by atoms with E-state index in [1.807, 2.05) is 24.3 Å². The van der Waals surface area contributed by atoms with Crippen molar-refractivity contribution >= 4 is 55.7 Å². The van der Waals surface area contributed by atoms with Crippen LogP contribution in [0.25, 0.3) is 10.9 Å². The molecular weight excluding hydrogens is 500 g/mol. The first-order chi connectivity index (χ1) is 16.3. The van der Waals surface area contributed by atoms with E-state index in [-0.39, 0.29) is 17.2 Å². The van der Waals surface area contributed by atoms with Gasteiger partial charge in [0, 0.05) is 24.0 Å². The maximum atomic E-state index is 15.2. The molecule has 34 heavy (non-hydrogen) atoms. The lowest BCUT2D eigenvalue weighted by Crippen LogP contribution is -2.33. The van der Waals surface area contributed by atoms with Crippen LogP contribution in [0.3, 0.4) is 0 Å². The van der Waals surface area contributed by atoms with E-state index in [0.717, 1.165) is 18.1 Å². The third kappa shape index (κ3) is 3.91. The normalized spacial score (nSPS) is 15.0.